The fourth-order valence-electron chi connectivity index (χ4n) is 2.54. The predicted octanol–water partition coefficient (Wildman–Crippen LogP) is 1.07. The Bertz CT molecular complexity index is 433. The minimum atomic E-state index is 0.162. The monoisotopic (exact) mass is 247 g/mol. The van der Waals surface area contributed by atoms with E-state index in [2.05, 4.69) is 36.3 Å². The Hall–Kier alpha value is -1.55. The van der Waals surface area contributed by atoms with E-state index in [1.807, 2.05) is 17.0 Å². The summed E-state index contributed by atoms with van der Waals surface area (Å²) in [4.78, 5) is 16.3. The highest BCUT2D eigenvalue weighted by Gasteiger charge is 2.25. The number of benzene rings is 1. The summed E-state index contributed by atoms with van der Waals surface area (Å²) < 4.78 is 0. The molecule has 0 aromatic heterocycles. The van der Waals surface area contributed by atoms with Gasteiger partial charge in [0.1, 0.15) is 0 Å². The summed E-state index contributed by atoms with van der Waals surface area (Å²) in [5.74, 6) is 0.162. The van der Waals surface area contributed by atoms with E-state index in [9.17, 15) is 4.79 Å². The number of likely N-dealkylation sites (N-methyl/N-ethyl adjacent to an activating group) is 2. The summed E-state index contributed by atoms with van der Waals surface area (Å²) >= 11 is 0. The summed E-state index contributed by atoms with van der Waals surface area (Å²) in [6, 6.07) is 8.52. The molecule has 1 N–H and O–H groups in total. The smallest absolute Gasteiger partial charge is 0.237 e. The molecule has 1 amide bonds. The third-order valence-corrected chi connectivity index (χ3v) is 3.46. The van der Waals surface area contributed by atoms with Crippen LogP contribution in [0.1, 0.15) is 12.5 Å². The van der Waals surface area contributed by atoms with Gasteiger partial charge in [-0.3, -0.25) is 4.79 Å². The van der Waals surface area contributed by atoms with E-state index in [-0.39, 0.29) is 11.9 Å². The first kappa shape index (κ1) is 12.9. The van der Waals surface area contributed by atoms with Crippen LogP contribution in [-0.2, 0) is 11.3 Å². The van der Waals surface area contributed by atoms with Gasteiger partial charge in [0.05, 0.1) is 6.54 Å². The highest BCUT2D eigenvalue weighted by atomic mass is 16.2. The molecule has 1 aromatic carbocycles. The molecule has 1 atom stereocenters. The first-order valence-corrected chi connectivity index (χ1v) is 6.36. The number of amides is 1. The number of nitrogens with one attached hydrogen (secondary N) is 1. The van der Waals surface area contributed by atoms with Crippen molar-refractivity contribution in [2.24, 2.45) is 0 Å². The average Bonchev–Trinajstić information content (AvgIpc) is 2.47. The molecule has 4 heteroatoms. The van der Waals surface area contributed by atoms with E-state index in [4.69, 9.17) is 0 Å². The summed E-state index contributed by atoms with van der Waals surface area (Å²) in [6.07, 6.45) is 0. The lowest BCUT2D eigenvalue weighted by molar-refractivity contribution is -0.132. The molecular weight excluding hydrogens is 226 g/mol. The Balaban J connectivity index is 2.28. The molecule has 1 heterocycles. The highest BCUT2D eigenvalue weighted by molar-refractivity contribution is 5.79. The molecule has 1 aliphatic rings. The zero-order chi connectivity index (χ0) is 13.1. The number of fused-ring (bicyclic) bond motifs is 1. The van der Waals surface area contributed by atoms with Gasteiger partial charge >= 0.3 is 0 Å². The van der Waals surface area contributed by atoms with Gasteiger partial charge in [-0.15, -0.1) is 0 Å². The molecular formula is C14H21N3O. The fourth-order valence-corrected chi connectivity index (χ4v) is 2.54. The van der Waals surface area contributed by atoms with Crippen LogP contribution in [0.4, 0.5) is 5.69 Å². The van der Waals surface area contributed by atoms with Crippen molar-refractivity contribution in [2.45, 2.75) is 19.5 Å². The maximum Gasteiger partial charge on any atom is 0.237 e. The fraction of sp³-hybridized carbons (Fsp3) is 0.500. The van der Waals surface area contributed by atoms with Crippen LogP contribution in [0.2, 0.25) is 0 Å². The zero-order valence-electron chi connectivity index (χ0n) is 11.3. The van der Waals surface area contributed by atoms with Crippen LogP contribution in [0, 0.1) is 0 Å². The topological polar surface area (TPSA) is 35.6 Å². The number of anilines is 1. The number of para-hydroxylation sites is 1. The molecule has 0 unspecified atom stereocenters. The van der Waals surface area contributed by atoms with Gasteiger partial charge in [0.15, 0.2) is 0 Å². The van der Waals surface area contributed by atoms with Crippen LogP contribution in [0.15, 0.2) is 24.3 Å². The summed E-state index contributed by atoms with van der Waals surface area (Å²) in [5.41, 5.74) is 2.44. The molecule has 0 aliphatic carbocycles. The van der Waals surface area contributed by atoms with Crippen molar-refractivity contribution in [3.8, 4) is 0 Å². The van der Waals surface area contributed by atoms with Crippen LogP contribution < -0.4 is 10.2 Å². The maximum atomic E-state index is 12.1. The molecule has 0 saturated heterocycles. The lowest BCUT2D eigenvalue weighted by Gasteiger charge is -2.28. The second kappa shape index (κ2) is 5.40. The van der Waals surface area contributed by atoms with Crippen LogP contribution in [0.3, 0.4) is 0 Å². The third-order valence-electron chi connectivity index (χ3n) is 3.46. The van der Waals surface area contributed by atoms with E-state index < -0.39 is 0 Å². The van der Waals surface area contributed by atoms with Gasteiger partial charge in [-0.2, -0.15) is 0 Å². The van der Waals surface area contributed by atoms with Crippen molar-refractivity contribution >= 4 is 11.6 Å². The number of carbonyl (C=O) groups is 1. The molecule has 0 fully saturated rings. The van der Waals surface area contributed by atoms with Gasteiger partial charge in [0, 0.05) is 31.9 Å². The minimum absolute atomic E-state index is 0.162. The molecule has 0 radical (unpaired) electrons. The van der Waals surface area contributed by atoms with Crippen LogP contribution in [0.25, 0.3) is 0 Å². The van der Waals surface area contributed by atoms with Gasteiger partial charge in [0.2, 0.25) is 5.91 Å². The average molecular weight is 247 g/mol. The summed E-state index contributed by atoms with van der Waals surface area (Å²) in [5, 5.41) is 2.94. The van der Waals surface area contributed by atoms with E-state index in [1.54, 1.807) is 7.05 Å². The van der Waals surface area contributed by atoms with Gasteiger partial charge in [-0.05, 0) is 25.6 Å². The Morgan fingerprint density at radius 3 is 2.89 bits per heavy atom. The molecule has 1 aliphatic heterocycles. The molecule has 98 valence electrons. The standard InChI is InChI=1S/C14H21N3O/c1-11-9-16(3)13-7-5-4-6-12(13)10-17(11)14(18)8-15-2/h4-7,11,15H,8-10H2,1-3H3/t11-/m1/s1. The molecule has 0 spiro atoms. The highest BCUT2D eigenvalue weighted by Crippen LogP contribution is 2.25. The Morgan fingerprint density at radius 1 is 1.44 bits per heavy atom. The van der Waals surface area contributed by atoms with Crippen molar-refractivity contribution in [3.63, 3.8) is 0 Å². The van der Waals surface area contributed by atoms with Gasteiger partial charge < -0.3 is 15.1 Å². The van der Waals surface area contributed by atoms with E-state index in [0.717, 1.165) is 6.54 Å². The number of rotatable bonds is 2. The number of nitrogens with zero attached hydrogens (tertiary/aromatic N) is 2. The van der Waals surface area contributed by atoms with Gasteiger partial charge in [0.25, 0.3) is 0 Å². The van der Waals surface area contributed by atoms with E-state index >= 15 is 0 Å². The summed E-state index contributed by atoms with van der Waals surface area (Å²) in [7, 11) is 3.89. The lowest BCUT2D eigenvalue weighted by Crippen LogP contribution is -2.45. The quantitative estimate of drug-likeness (QED) is 0.849. The molecule has 0 bridgehead atoms. The van der Waals surface area contributed by atoms with Crippen LogP contribution in [0.5, 0.6) is 0 Å². The van der Waals surface area contributed by atoms with Crippen LogP contribution in [-0.4, -0.2) is 44.0 Å². The van der Waals surface area contributed by atoms with E-state index in [1.165, 1.54) is 11.3 Å². The number of hydrogen-bond acceptors (Lipinski definition) is 3. The SMILES string of the molecule is CNCC(=O)N1Cc2ccccc2N(C)C[C@H]1C. The normalized spacial score (nSPS) is 19.4. The van der Waals surface area contributed by atoms with Crippen molar-refractivity contribution < 1.29 is 4.79 Å². The second-order valence-electron chi connectivity index (χ2n) is 4.91. The number of hydrogen-bond donors (Lipinski definition) is 1. The molecule has 18 heavy (non-hydrogen) atoms. The first-order valence-electron chi connectivity index (χ1n) is 6.36. The first-order chi connectivity index (χ1) is 8.63. The molecule has 4 nitrogen and oxygen atoms in total. The number of carbonyl (C=O) groups excluding carboxylic acids is 1. The molecule has 0 saturated carbocycles. The second-order valence-corrected chi connectivity index (χ2v) is 4.91. The Kier molecular flexibility index (Phi) is 3.87. The molecule has 1 aromatic rings. The lowest BCUT2D eigenvalue weighted by atomic mass is 10.1. The molecule has 2 rings (SSSR count). The van der Waals surface area contributed by atoms with Gasteiger partial charge in [-0.25, -0.2) is 0 Å². The van der Waals surface area contributed by atoms with Gasteiger partial charge in [-0.1, -0.05) is 18.2 Å². The van der Waals surface area contributed by atoms with Crippen molar-refractivity contribution in [3.05, 3.63) is 29.8 Å². The van der Waals surface area contributed by atoms with E-state index in [0.29, 0.717) is 13.1 Å². The maximum absolute atomic E-state index is 12.1. The van der Waals surface area contributed by atoms with Crippen molar-refractivity contribution in [2.75, 3.05) is 32.1 Å². The predicted molar refractivity (Wildman–Crippen MR) is 73.7 cm³/mol. The summed E-state index contributed by atoms with van der Waals surface area (Å²) in [6.45, 7) is 4.07. The third kappa shape index (κ3) is 2.48. The Labute approximate surface area is 109 Å². The minimum Gasteiger partial charge on any atom is -0.372 e. The van der Waals surface area contributed by atoms with Crippen molar-refractivity contribution in [1.82, 2.24) is 10.2 Å². The Morgan fingerprint density at radius 2 is 2.17 bits per heavy atom. The zero-order valence-corrected chi connectivity index (χ0v) is 11.3. The van der Waals surface area contributed by atoms with Crippen molar-refractivity contribution in [1.29, 1.82) is 0 Å². The van der Waals surface area contributed by atoms with Crippen LogP contribution >= 0.6 is 0 Å². The largest absolute Gasteiger partial charge is 0.372 e.